The SMILES string of the molecule is O=c1[nH]c2ccc(OS(=O)(=O)O)cc2n1CCN1CCN(c2ccc(OS(=O)(=O)O)c(C(F)(F)F)c2)CC1. The third-order valence-corrected chi connectivity index (χ3v) is 6.58. The van der Waals surface area contributed by atoms with Gasteiger partial charge in [-0.05, 0) is 30.3 Å². The van der Waals surface area contributed by atoms with Gasteiger partial charge >= 0.3 is 32.7 Å². The Labute approximate surface area is 213 Å². The molecule has 0 unspecified atom stereocenters. The number of aromatic nitrogens is 2. The third-order valence-electron chi connectivity index (χ3n) is 5.79. The monoisotopic (exact) mass is 582 g/mol. The van der Waals surface area contributed by atoms with Crippen LogP contribution >= 0.6 is 0 Å². The number of rotatable bonds is 8. The van der Waals surface area contributed by atoms with Gasteiger partial charge in [-0.2, -0.15) is 30.0 Å². The molecule has 3 N–H and O–H groups in total. The van der Waals surface area contributed by atoms with E-state index in [4.69, 9.17) is 9.11 Å². The Morgan fingerprint density at radius 2 is 1.55 bits per heavy atom. The first-order valence-corrected chi connectivity index (χ1v) is 13.6. The van der Waals surface area contributed by atoms with Gasteiger partial charge in [-0.3, -0.25) is 18.6 Å². The lowest BCUT2D eigenvalue weighted by Crippen LogP contribution is -2.47. The van der Waals surface area contributed by atoms with Gasteiger partial charge < -0.3 is 18.3 Å². The normalized spacial score (nSPS) is 15.7. The Balaban J connectivity index is 1.43. The van der Waals surface area contributed by atoms with Crippen LogP contribution in [0.5, 0.6) is 11.5 Å². The predicted molar refractivity (Wildman–Crippen MR) is 127 cm³/mol. The first-order chi connectivity index (χ1) is 17.6. The molecule has 38 heavy (non-hydrogen) atoms. The van der Waals surface area contributed by atoms with E-state index >= 15 is 0 Å². The number of alkyl halides is 3. The Morgan fingerprint density at radius 1 is 0.895 bits per heavy atom. The van der Waals surface area contributed by atoms with Crippen molar-refractivity contribution in [1.82, 2.24) is 14.5 Å². The van der Waals surface area contributed by atoms with E-state index < -0.39 is 44.0 Å². The Kier molecular flexibility index (Phi) is 7.36. The van der Waals surface area contributed by atoms with Crippen molar-refractivity contribution >= 4 is 37.5 Å². The zero-order valence-corrected chi connectivity index (χ0v) is 20.9. The van der Waals surface area contributed by atoms with Gasteiger partial charge in [-0.15, -0.1) is 0 Å². The lowest BCUT2D eigenvalue weighted by molar-refractivity contribution is -0.138. The van der Waals surface area contributed by atoms with Crippen LogP contribution in [0.3, 0.4) is 0 Å². The zero-order chi connectivity index (χ0) is 27.9. The van der Waals surface area contributed by atoms with E-state index in [1.807, 2.05) is 4.90 Å². The van der Waals surface area contributed by atoms with Gasteiger partial charge in [0.05, 0.1) is 11.0 Å². The van der Waals surface area contributed by atoms with E-state index in [2.05, 4.69) is 13.4 Å². The Hall–Kier alpha value is -3.32. The molecule has 2 aromatic carbocycles. The smallest absolute Gasteiger partial charge is 0.369 e. The van der Waals surface area contributed by atoms with Crippen molar-refractivity contribution in [2.45, 2.75) is 12.7 Å². The summed E-state index contributed by atoms with van der Waals surface area (Å²) in [4.78, 5) is 18.7. The molecule has 208 valence electrons. The van der Waals surface area contributed by atoms with Crippen LogP contribution in [-0.4, -0.2) is 73.1 Å². The highest BCUT2D eigenvalue weighted by Gasteiger charge is 2.36. The number of nitrogens with one attached hydrogen (secondary N) is 1. The molecule has 0 bridgehead atoms. The summed E-state index contributed by atoms with van der Waals surface area (Å²) in [6, 6.07) is 6.79. The molecule has 1 aromatic heterocycles. The molecule has 0 spiro atoms. The van der Waals surface area contributed by atoms with E-state index in [9.17, 15) is 34.8 Å². The molecule has 13 nitrogen and oxygen atoms in total. The van der Waals surface area contributed by atoms with Crippen LogP contribution in [0, 0.1) is 0 Å². The van der Waals surface area contributed by atoms with Crippen LogP contribution in [0.25, 0.3) is 11.0 Å². The highest BCUT2D eigenvalue weighted by Crippen LogP contribution is 2.39. The van der Waals surface area contributed by atoms with Gasteiger partial charge in [0.25, 0.3) is 0 Å². The lowest BCUT2D eigenvalue weighted by atomic mass is 10.1. The number of aromatic amines is 1. The highest BCUT2D eigenvalue weighted by atomic mass is 32.3. The summed E-state index contributed by atoms with van der Waals surface area (Å²) in [5.74, 6) is -1.23. The molecular formula is C20H21F3N4O9S2. The summed E-state index contributed by atoms with van der Waals surface area (Å²) in [5, 5.41) is 0. The molecule has 0 saturated carbocycles. The molecule has 0 aliphatic carbocycles. The summed E-state index contributed by atoms with van der Waals surface area (Å²) in [7, 11) is -9.90. The fraction of sp³-hybridized carbons (Fsp3) is 0.350. The number of halogens is 3. The number of benzene rings is 2. The van der Waals surface area contributed by atoms with Gasteiger partial charge in [-0.1, -0.05) is 0 Å². The number of nitrogens with zero attached hydrogens (tertiary/aromatic N) is 3. The first kappa shape index (κ1) is 27.7. The summed E-state index contributed by atoms with van der Waals surface area (Å²) in [6.45, 7) is 2.10. The summed E-state index contributed by atoms with van der Waals surface area (Å²) < 4.78 is 112. The van der Waals surface area contributed by atoms with E-state index in [0.29, 0.717) is 43.8 Å². The molecule has 3 aromatic rings. The first-order valence-electron chi connectivity index (χ1n) is 10.8. The maximum atomic E-state index is 13.5. The minimum Gasteiger partial charge on any atom is -0.369 e. The minimum atomic E-state index is -5.15. The van der Waals surface area contributed by atoms with Crippen LogP contribution < -0.4 is 19.0 Å². The molecule has 0 amide bonds. The van der Waals surface area contributed by atoms with Crippen molar-refractivity contribution in [3.63, 3.8) is 0 Å². The van der Waals surface area contributed by atoms with Gasteiger partial charge in [0.1, 0.15) is 11.3 Å². The fourth-order valence-electron chi connectivity index (χ4n) is 4.12. The number of fused-ring (bicyclic) bond motifs is 1. The fourth-order valence-corrected chi connectivity index (χ4v) is 4.84. The minimum absolute atomic E-state index is 0.180. The zero-order valence-electron chi connectivity index (χ0n) is 19.3. The van der Waals surface area contributed by atoms with Crippen LogP contribution in [0.4, 0.5) is 18.9 Å². The molecule has 1 fully saturated rings. The maximum Gasteiger partial charge on any atom is 0.446 e. The molecule has 0 radical (unpaired) electrons. The largest absolute Gasteiger partial charge is 0.446 e. The topological polar surface area (TPSA) is 171 Å². The second kappa shape index (κ2) is 10.1. The average molecular weight is 583 g/mol. The van der Waals surface area contributed by atoms with Crippen molar-refractivity contribution < 1.29 is 47.5 Å². The number of anilines is 1. The average Bonchev–Trinajstić information content (AvgIpc) is 3.10. The number of piperazine rings is 1. The molecule has 4 rings (SSSR count). The van der Waals surface area contributed by atoms with Crippen LogP contribution in [0.15, 0.2) is 41.2 Å². The van der Waals surface area contributed by atoms with Gasteiger partial charge in [-0.25, -0.2) is 4.79 Å². The molecule has 18 heteroatoms. The van der Waals surface area contributed by atoms with E-state index in [0.717, 1.165) is 12.1 Å². The molecule has 0 atom stereocenters. The Morgan fingerprint density at radius 3 is 2.16 bits per heavy atom. The Bertz CT molecular complexity index is 1610. The van der Waals surface area contributed by atoms with Crippen molar-refractivity contribution in [2.24, 2.45) is 0 Å². The van der Waals surface area contributed by atoms with Crippen molar-refractivity contribution in [1.29, 1.82) is 0 Å². The van der Waals surface area contributed by atoms with Gasteiger partial charge in [0.15, 0.2) is 5.75 Å². The van der Waals surface area contributed by atoms with Crippen LogP contribution in [0.1, 0.15) is 5.56 Å². The van der Waals surface area contributed by atoms with Crippen molar-refractivity contribution in [2.75, 3.05) is 37.6 Å². The molecule has 1 aliphatic rings. The van der Waals surface area contributed by atoms with Crippen LogP contribution in [0.2, 0.25) is 0 Å². The third kappa shape index (κ3) is 6.76. The summed E-state index contributed by atoms with van der Waals surface area (Å²) in [5.41, 5.74) is -0.856. The van der Waals surface area contributed by atoms with Crippen molar-refractivity contribution in [3.05, 3.63) is 52.4 Å². The van der Waals surface area contributed by atoms with E-state index in [1.54, 1.807) is 4.90 Å². The molecular weight excluding hydrogens is 561 g/mol. The summed E-state index contributed by atoms with van der Waals surface area (Å²) >= 11 is 0. The van der Waals surface area contributed by atoms with Crippen LogP contribution in [-0.2, 0) is 33.5 Å². The second-order valence-electron chi connectivity index (χ2n) is 8.29. The summed E-state index contributed by atoms with van der Waals surface area (Å²) in [6.07, 6.45) is -4.93. The number of H-pyrrole nitrogens is 1. The molecule has 1 aliphatic heterocycles. The highest BCUT2D eigenvalue weighted by molar-refractivity contribution is 7.81. The standard InChI is InChI=1S/C20H21F3N4O9S2/c21-20(22,23)15-11-13(1-4-18(15)36-38(32,33)34)26-8-5-25(6-9-26)7-10-27-17-12-14(35-37(29,30)31)2-3-16(17)24-19(27)28/h1-4,11-12H,5-10H2,(H,24,28)(H,29,30,31)(H,32,33,34). The number of imidazole rings is 1. The molecule has 1 saturated heterocycles. The van der Waals surface area contributed by atoms with E-state index in [-0.39, 0.29) is 18.0 Å². The lowest BCUT2D eigenvalue weighted by Gasteiger charge is -2.36. The maximum absolute atomic E-state index is 13.5. The quantitative estimate of drug-likeness (QED) is 0.329. The number of hydrogen-bond acceptors (Lipinski definition) is 9. The predicted octanol–water partition coefficient (Wildman–Crippen LogP) is 1.53. The second-order valence-corrected chi connectivity index (χ2v) is 10.3. The number of hydrogen-bond donors (Lipinski definition) is 3. The molecule has 2 heterocycles. The van der Waals surface area contributed by atoms with E-state index in [1.165, 1.54) is 28.8 Å². The van der Waals surface area contributed by atoms with Gasteiger partial charge in [0.2, 0.25) is 0 Å². The van der Waals surface area contributed by atoms with Gasteiger partial charge in [0, 0.05) is 51.0 Å². The van der Waals surface area contributed by atoms with Crippen molar-refractivity contribution in [3.8, 4) is 11.5 Å².